The first-order valence-electron chi connectivity index (χ1n) is 4.26. The fourth-order valence-corrected chi connectivity index (χ4v) is 0.924. The average Bonchev–Trinajstić information content (AvgIpc) is 2.21. The second-order valence-electron chi connectivity index (χ2n) is 2.65. The molecule has 4 N–H and O–H groups in total. The summed E-state index contributed by atoms with van der Waals surface area (Å²) in [6, 6.07) is 1.76. The quantitative estimate of drug-likeness (QED) is 0.662. The zero-order valence-corrected chi connectivity index (χ0v) is 8.08. The summed E-state index contributed by atoms with van der Waals surface area (Å²) in [5.74, 6) is 6.75. The van der Waals surface area contributed by atoms with Crippen LogP contribution in [0, 0.1) is 11.8 Å². The van der Waals surface area contributed by atoms with Crippen LogP contribution in [0.3, 0.4) is 0 Å². The first-order valence-corrected chi connectivity index (χ1v) is 4.26. The summed E-state index contributed by atoms with van der Waals surface area (Å²) < 4.78 is 5.01. The molecule has 0 aliphatic heterocycles. The third-order valence-electron chi connectivity index (χ3n) is 1.60. The van der Waals surface area contributed by atoms with E-state index >= 15 is 0 Å². The molecule has 0 fully saturated rings. The van der Waals surface area contributed by atoms with Gasteiger partial charge in [0.25, 0.3) is 0 Å². The summed E-state index contributed by atoms with van der Waals surface area (Å²) in [7, 11) is 1.55. The van der Waals surface area contributed by atoms with Gasteiger partial charge in [-0.05, 0) is 0 Å². The fraction of sp³-hybridized carbons (Fsp3) is 0.300. The van der Waals surface area contributed by atoms with E-state index in [1.54, 1.807) is 19.4 Å². The van der Waals surface area contributed by atoms with Crippen molar-refractivity contribution in [3.63, 3.8) is 0 Å². The molecule has 0 saturated carbocycles. The Morgan fingerprint density at radius 2 is 2.36 bits per heavy atom. The van der Waals surface area contributed by atoms with Gasteiger partial charge in [-0.1, -0.05) is 11.8 Å². The third-order valence-corrected chi connectivity index (χ3v) is 1.60. The number of anilines is 1. The molecule has 0 aliphatic rings. The highest BCUT2D eigenvalue weighted by Crippen LogP contribution is 2.18. The maximum absolute atomic E-state index is 5.55. The van der Waals surface area contributed by atoms with Crippen molar-refractivity contribution in [3.8, 4) is 17.6 Å². The summed E-state index contributed by atoms with van der Waals surface area (Å²) >= 11 is 0. The van der Waals surface area contributed by atoms with E-state index in [0.717, 1.165) is 5.56 Å². The minimum absolute atomic E-state index is 0.372. The fourth-order valence-electron chi connectivity index (χ4n) is 0.924. The van der Waals surface area contributed by atoms with Crippen LogP contribution >= 0.6 is 0 Å². The predicted molar refractivity (Wildman–Crippen MR) is 55.8 cm³/mol. The van der Waals surface area contributed by atoms with E-state index in [9.17, 15) is 0 Å². The Morgan fingerprint density at radius 3 is 3.00 bits per heavy atom. The Balaban J connectivity index is 2.86. The molecule has 0 spiro atoms. The monoisotopic (exact) mass is 191 g/mol. The molecule has 1 aromatic heterocycles. The minimum Gasteiger partial charge on any atom is -0.493 e. The van der Waals surface area contributed by atoms with Gasteiger partial charge in [0.2, 0.25) is 0 Å². The lowest BCUT2D eigenvalue weighted by Gasteiger charge is -2.02. The summed E-state index contributed by atoms with van der Waals surface area (Å²) in [5.41, 5.74) is 11.6. The van der Waals surface area contributed by atoms with Crippen molar-refractivity contribution in [1.82, 2.24) is 4.98 Å². The smallest absolute Gasteiger partial charge is 0.166 e. The molecule has 0 saturated heterocycles. The van der Waals surface area contributed by atoms with Gasteiger partial charge >= 0.3 is 0 Å². The van der Waals surface area contributed by atoms with E-state index in [0.29, 0.717) is 24.5 Å². The van der Waals surface area contributed by atoms with Crippen molar-refractivity contribution >= 4 is 5.82 Å². The molecule has 0 unspecified atom stereocenters. The lowest BCUT2D eigenvalue weighted by molar-refractivity contribution is 0.415. The van der Waals surface area contributed by atoms with E-state index in [4.69, 9.17) is 16.2 Å². The van der Waals surface area contributed by atoms with Crippen LogP contribution in [0.4, 0.5) is 5.82 Å². The molecule has 4 nitrogen and oxygen atoms in total. The molecule has 0 atom stereocenters. The van der Waals surface area contributed by atoms with Crippen molar-refractivity contribution in [2.75, 3.05) is 19.4 Å². The molecule has 74 valence electrons. The van der Waals surface area contributed by atoms with E-state index in [1.165, 1.54) is 0 Å². The molecule has 0 amide bonds. The van der Waals surface area contributed by atoms with Gasteiger partial charge in [0.15, 0.2) is 11.6 Å². The second kappa shape index (κ2) is 5.10. The number of nitrogens with zero attached hydrogens (tertiary/aromatic N) is 1. The van der Waals surface area contributed by atoms with Gasteiger partial charge in [-0.15, -0.1) is 0 Å². The second-order valence-corrected chi connectivity index (χ2v) is 2.65. The number of nitrogens with two attached hydrogens (primary N) is 2. The van der Waals surface area contributed by atoms with Gasteiger partial charge in [-0.25, -0.2) is 4.98 Å². The van der Waals surface area contributed by atoms with Crippen LogP contribution in [0.25, 0.3) is 0 Å². The normalized spacial score (nSPS) is 9.00. The average molecular weight is 191 g/mol. The number of hydrogen-bond donors (Lipinski definition) is 2. The van der Waals surface area contributed by atoms with Gasteiger partial charge in [0.1, 0.15) is 0 Å². The van der Waals surface area contributed by atoms with Crippen LogP contribution in [0.1, 0.15) is 12.0 Å². The Bertz CT molecular complexity index is 365. The Morgan fingerprint density at radius 1 is 1.57 bits per heavy atom. The van der Waals surface area contributed by atoms with Crippen LogP contribution in [0.2, 0.25) is 0 Å². The first kappa shape index (κ1) is 10.4. The third kappa shape index (κ3) is 2.64. The Labute approximate surface area is 83.3 Å². The SMILES string of the molecule is COc1cc(C#CCCN)cnc1N. The molecule has 14 heavy (non-hydrogen) atoms. The van der Waals surface area contributed by atoms with Gasteiger partial charge in [0.05, 0.1) is 7.11 Å². The largest absolute Gasteiger partial charge is 0.493 e. The van der Waals surface area contributed by atoms with Gasteiger partial charge in [0, 0.05) is 30.8 Å². The number of aromatic nitrogens is 1. The first-order chi connectivity index (χ1) is 6.77. The molecule has 0 aliphatic carbocycles. The molecule has 0 aromatic carbocycles. The molecule has 1 heterocycles. The van der Waals surface area contributed by atoms with Crippen molar-refractivity contribution < 1.29 is 4.74 Å². The summed E-state index contributed by atoms with van der Waals surface area (Å²) in [6.45, 7) is 0.562. The number of methoxy groups -OCH3 is 1. The number of ether oxygens (including phenoxy) is 1. The van der Waals surface area contributed by atoms with Crippen molar-refractivity contribution in [1.29, 1.82) is 0 Å². The van der Waals surface area contributed by atoms with E-state index in [1.807, 2.05) is 0 Å². The number of rotatable bonds is 2. The van der Waals surface area contributed by atoms with Crippen LogP contribution < -0.4 is 16.2 Å². The highest BCUT2D eigenvalue weighted by molar-refractivity contribution is 5.50. The van der Waals surface area contributed by atoms with E-state index in [2.05, 4.69) is 16.8 Å². The topological polar surface area (TPSA) is 74.2 Å². The molecular weight excluding hydrogens is 178 g/mol. The van der Waals surface area contributed by atoms with Crippen LogP contribution in [0.5, 0.6) is 5.75 Å². The van der Waals surface area contributed by atoms with E-state index in [-0.39, 0.29) is 0 Å². The summed E-state index contributed by atoms with van der Waals surface area (Å²) in [5, 5.41) is 0. The van der Waals surface area contributed by atoms with Crippen LogP contribution in [-0.2, 0) is 0 Å². The Kier molecular flexibility index (Phi) is 3.77. The summed E-state index contributed by atoms with van der Waals surface area (Å²) in [4.78, 5) is 3.95. The standard InChI is InChI=1S/C10H13N3O/c1-14-9-6-8(4-2-3-5-11)7-13-10(9)12/h6-7H,3,5,11H2,1H3,(H2,12,13). The van der Waals surface area contributed by atoms with Crippen LogP contribution in [0.15, 0.2) is 12.3 Å². The maximum atomic E-state index is 5.55. The van der Waals surface area contributed by atoms with Gasteiger partial charge < -0.3 is 16.2 Å². The lowest BCUT2D eigenvalue weighted by atomic mass is 10.2. The molecule has 4 heteroatoms. The molecule has 1 rings (SSSR count). The predicted octanol–water partition coefficient (Wildman–Crippen LogP) is 0.373. The highest BCUT2D eigenvalue weighted by atomic mass is 16.5. The lowest BCUT2D eigenvalue weighted by Crippen LogP contribution is -1.97. The zero-order valence-electron chi connectivity index (χ0n) is 8.08. The number of hydrogen-bond acceptors (Lipinski definition) is 4. The van der Waals surface area contributed by atoms with Crippen LogP contribution in [-0.4, -0.2) is 18.6 Å². The zero-order chi connectivity index (χ0) is 10.4. The molecule has 1 aromatic rings. The molecular formula is C10H13N3O. The Hall–Kier alpha value is -1.73. The van der Waals surface area contributed by atoms with Crippen molar-refractivity contribution in [2.45, 2.75) is 6.42 Å². The number of pyridine rings is 1. The number of nitrogen functional groups attached to an aromatic ring is 1. The van der Waals surface area contributed by atoms with Crippen molar-refractivity contribution in [2.24, 2.45) is 5.73 Å². The van der Waals surface area contributed by atoms with Gasteiger partial charge in [-0.2, -0.15) is 0 Å². The summed E-state index contributed by atoms with van der Waals surface area (Å²) in [6.07, 6.45) is 2.29. The van der Waals surface area contributed by atoms with Gasteiger partial charge in [-0.3, -0.25) is 0 Å². The molecule has 0 radical (unpaired) electrons. The minimum atomic E-state index is 0.372. The van der Waals surface area contributed by atoms with E-state index < -0.39 is 0 Å². The molecule has 0 bridgehead atoms. The highest BCUT2D eigenvalue weighted by Gasteiger charge is 1.99. The maximum Gasteiger partial charge on any atom is 0.166 e. The van der Waals surface area contributed by atoms with Crippen molar-refractivity contribution in [3.05, 3.63) is 17.8 Å².